The second kappa shape index (κ2) is 8.05. The maximum absolute atomic E-state index is 12.1. The van der Waals surface area contributed by atoms with Crippen LogP contribution < -0.4 is 10.6 Å². The molecular formula is C16H14N4O4S. The second-order valence-corrected chi connectivity index (χ2v) is 6.25. The molecule has 25 heavy (non-hydrogen) atoms. The van der Waals surface area contributed by atoms with Gasteiger partial charge in [-0.2, -0.15) is 13.7 Å². The first-order chi connectivity index (χ1) is 11.9. The van der Waals surface area contributed by atoms with Gasteiger partial charge in [-0.1, -0.05) is 12.1 Å². The van der Waals surface area contributed by atoms with Crippen molar-refractivity contribution in [3.8, 4) is 6.07 Å². The molecule has 3 N–H and O–H groups in total. The van der Waals surface area contributed by atoms with E-state index < -0.39 is 16.0 Å². The van der Waals surface area contributed by atoms with Crippen LogP contribution >= 0.6 is 0 Å². The molecule has 1 amide bonds. The lowest BCUT2D eigenvalue weighted by atomic mass is 10.2. The minimum Gasteiger partial charge on any atom is -0.384 e. The van der Waals surface area contributed by atoms with Crippen molar-refractivity contribution in [2.45, 2.75) is 11.4 Å². The number of aromatic nitrogens is 1. The quantitative estimate of drug-likeness (QED) is 0.404. The minimum atomic E-state index is -4.38. The number of nitrogens with one attached hydrogen (secondary N) is 2. The lowest BCUT2D eigenvalue weighted by Gasteiger charge is -2.06. The molecule has 0 spiro atoms. The van der Waals surface area contributed by atoms with Crippen molar-refractivity contribution < 1.29 is 17.8 Å². The molecule has 0 saturated carbocycles. The van der Waals surface area contributed by atoms with Gasteiger partial charge in [-0.3, -0.25) is 14.3 Å². The summed E-state index contributed by atoms with van der Waals surface area (Å²) in [6, 6.07) is 12.2. The van der Waals surface area contributed by atoms with Crippen LogP contribution in [0.3, 0.4) is 0 Å². The van der Waals surface area contributed by atoms with E-state index in [9.17, 15) is 13.2 Å². The van der Waals surface area contributed by atoms with Crippen molar-refractivity contribution in [3.63, 3.8) is 0 Å². The van der Waals surface area contributed by atoms with Gasteiger partial charge in [0.1, 0.15) is 11.6 Å². The van der Waals surface area contributed by atoms with Crippen LogP contribution in [0, 0.1) is 11.3 Å². The second-order valence-electron chi connectivity index (χ2n) is 4.83. The van der Waals surface area contributed by atoms with Gasteiger partial charge >= 0.3 is 0 Å². The molecule has 1 heterocycles. The van der Waals surface area contributed by atoms with Crippen LogP contribution in [0.2, 0.25) is 0 Å². The summed E-state index contributed by atoms with van der Waals surface area (Å²) in [7, 11) is -4.38. The average Bonchev–Trinajstić information content (AvgIpc) is 2.59. The topological polar surface area (TPSA) is 132 Å². The van der Waals surface area contributed by atoms with Crippen LogP contribution in [0.25, 0.3) is 0 Å². The highest BCUT2D eigenvalue weighted by molar-refractivity contribution is 7.85. The molecule has 0 fully saturated rings. The van der Waals surface area contributed by atoms with E-state index in [1.807, 2.05) is 6.07 Å². The van der Waals surface area contributed by atoms with Gasteiger partial charge in [0.2, 0.25) is 0 Å². The van der Waals surface area contributed by atoms with Crippen LogP contribution in [-0.2, 0) is 21.5 Å². The van der Waals surface area contributed by atoms with Gasteiger partial charge in [0.05, 0.1) is 17.1 Å². The zero-order valence-electron chi connectivity index (χ0n) is 12.9. The van der Waals surface area contributed by atoms with Gasteiger partial charge < -0.3 is 10.6 Å². The summed E-state index contributed by atoms with van der Waals surface area (Å²) in [5.41, 5.74) is 0.663. The third-order valence-corrected chi connectivity index (χ3v) is 3.86. The van der Waals surface area contributed by atoms with Crippen LogP contribution in [0.5, 0.6) is 0 Å². The van der Waals surface area contributed by atoms with Crippen LogP contribution in [0.4, 0.5) is 5.69 Å². The van der Waals surface area contributed by atoms with E-state index in [1.165, 1.54) is 24.4 Å². The Morgan fingerprint density at radius 2 is 2.08 bits per heavy atom. The lowest BCUT2D eigenvalue weighted by Crippen LogP contribution is -2.17. The Bertz CT molecular complexity index is 934. The summed E-state index contributed by atoms with van der Waals surface area (Å²) in [5, 5.41) is 14.3. The number of hydrogen-bond acceptors (Lipinski definition) is 6. The largest absolute Gasteiger partial charge is 0.384 e. The van der Waals surface area contributed by atoms with Crippen molar-refractivity contribution in [2.24, 2.45) is 0 Å². The third-order valence-electron chi connectivity index (χ3n) is 3.01. The zero-order chi connectivity index (χ0) is 18.3. The summed E-state index contributed by atoms with van der Waals surface area (Å²) in [6.07, 6.45) is 2.87. The van der Waals surface area contributed by atoms with Gasteiger partial charge in [0.25, 0.3) is 16.0 Å². The van der Waals surface area contributed by atoms with Gasteiger partial charge in [-0.05, 0) is 30.3 Å². The number of carbonyl (C=O) groups excluding carboxylic acids is 1. The van der Waals surface area contributed by atoms with Gasteiger partial charge in [-0.15, -0.1) is 0 Å². The molecule has 1 aromatic heterocycles. The monoisotopic (exact) mass is 358 g/mol. The summed E-state index contributed by atoms with van der Waals surface area (Å²) < 4.78 is 31.2. The van der Waals surface area contributed by atoms with Crippen molar-refractivity contribution >= 4 is 21.7 Å². The number of rotatable bonds is 6. The van der Waals surface area contributed by atoms with E-state index in [-0.39, 0.29) is 16.2 Å². The smallest absolute Gasteiger partial charge is 0.294 e. The van der Waals surface area contributed by atoms with Crippen LogP contribution in [0.1, 0.15) is 5.69 Å². The summed E-state index contributed by atoms with van der Waals surface area (Å²) >= 11 is 0. The molecule has 8 nitrogen and oxygen atoms in total. The number of amides is 1. The molecule has 0 aliphatic carbocycles. The molecule has 0 radical (unpaired) electrons. The molecular weight excluding hydrogens is 344 g/mol. The fraction of sp³-hybridized carbons (Fsp3) is 0.0625. The number of benzene rings is 1. The molecule has 0 unspecified atom stereocenters. The van der Waals surface area contributed by atoms with E-state index in [0.29, 0.717) is 6.54 Å². The number of carbonyl (C=O) groups is 1. The van der Waals surface area contributed by atoms with Crippen LogP contribution in [-0.4, -0.2) is 23.9 Å². The molecule has 9 heteroatoms. The minimum absolute atomic E-state index is 0.131. The Balaban J connectivity index is 2.05. The predicted molar refractivity (Wildman–Crippen MR) is 89.7 cm³/mol. The molecule has 0 bridgehead atoms. The Morgan fingerprint density at radius 3 is 2.72 bits per heavy atom. The average molecular weight is 358 g/mol. The summed E-state index contributed by atoms with van der Waals surface area (Å²) in [4.78, 5) is 15.8. The van der Waals surface area contributed by atoms with Crippen molar-refractivity contribution in [3.05, 3.63) is 66.1 Å². The number of anilines is 1. The Hall–Kier alpha value is -3.22. The molecule has 128 valence electrons. The van der Waals surface area contributed by atoms with Crippen molar-refractivity contribution in [1.82, 2.24) is 10.3 Å². The molecule has 1 aromatic carbocycles. The first-order valence-electron chi connectivity index (χ1n) is 7.02. The summed E-state index contributed by atoms with van der Waals surface area (Å²) in [6.45, 7) is 0.331. The molecule has 2 aromatic rings. The number of nitriles is 1. The fourth-order valence-electron chi connectivity index (χ4n) is 1.84. The van der Waals surface area contributed by atoms with E-state index in [2.05, 4.69) is 15.6 Å². The highest BCUT2D eigenvalue weighted by Gasteiger charge is 2.13. The SMILES string of the molecule is N#C/C(=C/NCc1ccccn1)C(=O)Nc1cccc(S(=O)(=O)O)c1. The first kappa shape index (κ1) is 18.1. The van der Waals surface area contributed by atoms with Gasteiger partial charge in [0, 0.05) is 18.1 Å². The molecule has 0 aliphatic heterocycles. The Morgan fingerprint density at radius 1 is 1.28 bits per heavy atom. The van der Waals surface area contributed by atoms with Gasteiger partial charge in [-0.25, -0.2) is 0 Å². The molecule has 0 atom stereocenters. The summed E-state index contributed by atoms with van der Waals surface area (Å²) in [5.74, 6) is -0.719. The van der Waals surface area contributed by atoms with E-state index in [4.69, 9.17) is 9.81 Å². The maximum atomic E-state index is 12.1. The predicted octanol–water partition coefficient (Wildman–Crippen LogP) is 1.46. The van der Waals surface area contributed by atoms with E-state index in [0.717, 1.165) is 11.8 Å². The Labute approximate surface area is 144 Å². The Kier molecular flexibility index (Phi) is 5.84. The van der Waals surface area contributed by atoms with E-state index in [1.54, 1.807) is 24.4 Å². The maximum Gasteiger partial charge on any atom is 0.294 e. The van der Waals surface area contributed by atoms with Crippen molar-refractivity contribution in [2.75, 3.05) is 5.32 Å². The van der Waals surface area contributed by atoms with E-state index >= 15 is 0 Å². The number of pyridine rings is 1. The fourth-order valence-corrected chi connectivity index (χ4v) is 2.37. The lowest BCUT2D eigenvalue weighted by molar-refractivity contribution is -0.112. The highest BCUT2D eigenvalue weighted by Crippen LogP contribution is 2.15. The highest BCUT2D eigenvalue weighted by atomic mass is 32.2. The van der Waals surface area contributed by atoms with Crippen molar-refractivity contribution in [1.29, 1.82) is 5.26 Å². The third kappa shape index (κ3) is 5.42. The van der Waals surface area contributed by atoms with Gasteiger partial charge in [0.15, 0.2) is 0 Å². The standard InChI is InChI=1S/C16H14N4O4S/c17-9-12(10-18-11-14-4-1-2-7-19-14)16(21)20-13-5-3-6-15(8-13)25(22,23)24/h1-8,10,18H,11H2,(H,20,21)(H,22,23,24)/b12-10-. The molecule has 2 rings (SSSR count). The normalized spacial score (nSPS) is 11.4. The van der Waals surface area contributed by atoms with Crippen LogP contribution in [0.15, 0.2) is 65.3 Å². The zero-order valence-corrected chi connectivity index (χ0v) is 13.7. The molecule has 0 saturated heterocycles. The molecule has 0 aliphatic rings. The number of hydrogen-bond donors (Lipinski definition) is 3. The first-order valence-corrected chi connectivity index (χ1v) is 8.46. The number of nitrogens with zero attached hydrogens (tertiary/aromatic N) is 2.